The fourth-order valence-electron chi connectivity index (χ4n) is 3.24. The fraction of sp³-hybridized carbons (Fsp3) is 0.333. The van der Waals surface area contributed by atoms with E-state index in [1.165, 1.54) is 25.3 Å². The van der Waals surface area contributed by atoms with Crippen LogP contribution in [-0.2, 0) is 25.6 Å². The first-order valence-electron chi connectivity index (χ1n) is 11.0. The molecule has 11 nitrogen and oxygen atoms in total. The number of halogens is 1. The molecule has 3 amide bonds. The number of nitrogens with one attached hydrogen (secondary N) is 1. The normalized spacial score (nSPS) is 15.0. The number of hydrogen-bond donors (Lipinski definition) is 1. The quantitative estimate of drug-likeness (QED) is 0.260. The van der Waals surface area contributed by atoms with Crippen molar-refractivity contribution in [1.29, 1.82) is 0 Å². The number of methoxy groups -OCH3 is 1. The van der Waals surface area contributed by atoms with Gasteiger partial charge in [-0.25, -0.2) is 14.4 Å². The number of rotatable bonds is 10. The molecule has 12 heteroatoms. The highest BCUT2D eigenvalue weighted by molar-refractivity contribution is 9.10. The second kappa shape index (κ2) is 11.8. The van der Waals surface area contributed by atoms with Crippen LogP contribution in [0.25, 0.3) is 6.08 Å². The molecule has 0 aliphatic carbocycles. The highest BCUT2D eigenvalue weighted by Crippen LogP contribution is 2.38. The van der Waals surface area contributed by atoms with Gasteiger partial charge in [-0.2, -0.15) is 0 Å². The number of furan rings is 1. The van der Waals surface area contributed by atoms with Gasteiger partial charge in [0.05, 0.1) is 31.3 Å². The van der Waals surface area contributed by atoms with E-state index in [0.717, 1.165) is 4.90 Å². The van der Waals surface area contributed by atoms with E-state index in [2.05, 4.69) is 26.0 Å². The maximum Gasteiger partial charge on any atom is 0.373 e. The number of amides is 3. The minimum absolute atomic E-state index is 0.0302. The number of carbonyl (C=O) groups excluding carboxylic acids is 4. The molecule has 1 atom stereocenters. The Balaban J connectivity index is 1.82. The summed E-state index contributed by atoms with van der Waals surface area (Å²) in [5, 5.41) is 2.53. The highest BCUT2D eigenvalue weighted by atomic mass is 79.9. The molecule has 2 heterocycles. The number of hydrogen-bond acceptors (Lipinski definition) is 9. The molecule has 3 rings (SSSR count). The lowest BCUT2D eigenvalue weighted by Crippen LogP contribution is -2.30. The van der Waals surface area contributed by atoms with Crippen LogP contribution in [0.2, 0.25) is 0 Å². The summed E-state index contributed by atoms with van der Waals surface area (Å²) in [7, 11) is 1.22. The third kappa shape index (κ3) is 6.06. The van der Waals surface area contributed by atoms with Gasteiger partial charge in [-0.15, -0.1) is 0 Å². The third-order valence-electron chi connectivity index (χ3n) is 4.88. The maximum atomic E-state index is 12.9. The van der Waals surface area contributed by atoms with Crippen LogP contribution < -0.4 is 14.8 Å². The van der Waals surface area contributed by atoms with E-state index in [-0.39, 0.29) is 30.4 Å². The van der Waals surface area contributed by atoms with E-state index < -0.39 is 30.0 Å². The number of benzene rings is 1. The molecule has 1 aromatic heterocycles. The average molecular weight is 565 g/mol. The molecule has 0 saturated carbocycles. The Morgan fingerprint density at radius 3 is 2.61 bits per heavy atom. The summed E-state index contributed by atoms with van der Waals surface area (Å²) in [5.74, 6) is -0.952. The van der Waals surface area contributed by atoms with Crippen LogP contribution in [0.5, 0.6) is 11.5 Å². The Morgan fingerprint density at radius 1 is 1.19 bits per heavy atom. The topological polar surface area (TPSA) is 134 Å². The van der Waals surface area contributed by atoms with Crippen molar-refractivity contribution in [3.63, 3.8) is 0 Å². The van der Waals surface area contributed by atoms with Gasteiger partial charge in [0.15, 0.2) is 17.6 Å². The zero-order chi connectivity index (χ0) is 26.4. The van der Waals surface area contributed by atoms with E-state index in [1.54, 1.807) is 32.9 Å². The molecule has 1 N–H and O–H groups in total. The summed E-state index contributed by atoms with van der Waals surface area (Å²) in [6, 6.07) is 5.51. The van der Waals surface area contributed by atoms with Crippen molar-refractivity contribution in [2.24, 2.45) is 0 Å². The molecule has 0 radical (unpaired) electrons. The first-order valence-corrected chi connectivity index (χ1v) is 11.8. The number of nitrogens with zero attached hydrogens (tertiary/aromatic N) is 1. The Bertz CT molecular complexity index is 1200. The summed E-state index contributed by atoms with van der Waals surface area (Å²) >= 11 is 3.42. The van der Waals surface area contributed by atoms with E-state index in [0.29, 0.717) is 28.1 Å². The van der Waals surface area contributed by atoms with Crippen molar-refractivity contribution in [2.75, 3.05) is 20.3 Å². The molecule has 1 aliphatic rings. The van der Waals surface area contributed by atoms with E-state index in [9.17, 15) is 19.2 Å². The number of urea groups is 1. The summed E-state index contributed by atoms with van der Waals surface area (Å²) in [4.78, 5) is 49.8. The maximum absolute atomic E-state index is 12.9. The lowest BCUT2D eigenvalue weighted by molar-refractivity contribution is -0.150. The highest BCUT2D eigenvalue weighted by Gasteiger charge is 2.34. The van der Waals surface area contributed by atoms with Gasteiger partial charge in [-0.1, -0.05) is 0 Å². The molecule has 2 aromatic rings. The van der Waals surface area contributed by atoms with Crippen LogP contribution in [0, 0.1) is 0 Å². The average Bonchev–Trinajstić information content (AvgIpc) is 3.41. The fourth-order valence-corrected chi connectivity index (χ4v) is 3.80. The van der Waals surface area contributed by atoms with Gasteiger partial charge in [0.25, 0.3) is 5.91 Å². The van der Waals surface area contributed by atoms with Gasteiger partial charge in [0, 0.05) is 0 Å². The van der Waals surface area contributed by atoms with Crippen LogP contribution in [0.4, 0.5) is 4.79 Å². The standard InChI is InChI=1S/C24H25BrN2O9/c1-5-33-19-11-14(9-16(25)20(19)35-13(3)22(29)34-6-2)10-17-21(28)27(24(31)26-17)12-15-7-8-18(36-15)23(30)32-4/h7-11,13H,5-6,12H2,1-4H3,(H,26,31)/b17-10-/t13-/m1/s1. The predicted octanol–water partition coefficient (Wildman–Crippen LogP) is 3.65. The van der Waals surface area contributed by atoms with E-state index in [4.69, 9.17) is 18.6 Å². The number of imide groups is 1. The second-order valence-corrected chi connectivity index (χ2v) is 8.27. The lowest BCUT2D eigenvalue weighted by atomic mass is 10.1. The smallest absolute Gasteiger partial charge is 0.373 e. The van der Waals surface area contributed by atoms with Crippen LogP contribution in [-0.4, -0.2) is 55.2 Å². The van der Waals surface area contributed by atoms with Crippen molar-refractivity contribution in [3.05, 3.63) is 51.5 Å². The SMILES string of the molecule is CCOC(=O)[C@@H](C)Oc1c(Br)cc(/C=C2\NC(=O)N(Cc3ccc(C(=O)OC)o3)C2=O)cc1OCC. The van der Waals surface area contributed by atoms with Crippen LogP contribution in [0.1, 0.15) is 42.6 Å². The summed E-state index contributed by atoms with van der Waals surface area (Å²) in [5.41, 5.74) is 0.556. The number of ether oxygens (including phenoxy) is 4. The number of esters is 2. The second-order valence-electron chi connectivity index (χ2n) is 7.41. The Labute approximate surface area is 215 Å². The molecular weight excluding hydrogens is 540 g/mol. The minimum Gasteiger partial charge on any atom is -0.490 e. The van der Waals surface area contributed by atoms with Crippen LogP contribution in [0.15, 0.2) is 38.9 Å². The minimum atomic E-state index is -0.879. The van der Waals surface area contributed by atoms with Gasteiger partial charge < -0.3 is 28.7 Å². The monoisotopic (exact) mass is 564 g/mol. The largest absolute Gasteiger partial charge is 0.490 e. The summed E-state index contributed by atoms with van der Waals surface area (Å²) < 4.78 is 26.8. The van der Waals surface area contributed by atoms with E-state index in [1.807, 2.05) is 0 Å². The van der Waals surface area contributed by atoms with Crippen molar-refractivity contribution in [2.45, 2.75) is 33.4 Å². The molecule has 36 heavy (non-hydrogen) atoms. The predicted molar refractivity (Wildman–Crippen MR) is 129 cm³/mol. The Morgan fingerprint density at radius 2 is 1.94 bits per heavy atom. The zero-order valence-corrected chi connectivity index (χ0v) is 21.7. The lowest BCUT2D eigenvalue weighted by Gasteiger charge is -2.18. The first-order chi connectivity index (χ1) is 17.2. The molecule has 1 aromatic carbocycles. The molecule has 1 fully saturated rings. The van der Waals surface area contributed by atoms with Crippen LogP contribution in [0.3, 0.4) is 0 Å². The first kappa shape index (κ1) is 26.8. The Hall–Kier alpha value is -3.80. The molecule has 192 valence electrons. The zero-order valence-electron chi connectivity index (χ0n) is 20.1. The molecule has 0 spiro atoms. The summed E-state index contributed by atoms with van der Waals surface area (Å²) in [6.45, 7) is 5.41. The third-order valence-corrected chi connectivity index (χ3v) is 5.47. The molecule has 0 unspecified atom stereocenters. The van der Waals surface area contributed by atoms with Crippen molar-refractivity contribution in [1.82, 2.24) is 10.2 Å². The van der Waals surface area contributed by atoms with Gasteiger partial charge in [0.2, 0.25) is 5.76 Å². The van der Waals surface area contributed by atoms with Crippen molar-refractivity contribution < 1.29 is 42.5 Å². The van der Waals surface area contributed by atoms with Gasteiger partial charge in [-0.05, 0) is 72.6 Å². The molecule has 1 aliphatic heterocycles. The number of carbonyl (C=O) groups is 4. The summed E-state index contributed by atoms with van der Waals surface area (Å²) in [6.07, 6.45) is 0.601. The molecule has 0 bridgehead atoms. The molecule has 1 saturated heterocycles. The van der Waals surface area contributed by atoms with Crippen LogP contribution >= 0.6 is 15.9 Å². The molecular formula is C24H25BrN2O9. The van der Waals surface area contributed by atoms with Gasteiger partial charge >= 0.3 is 18.0 Å². The van der Waals surface area contributed by atoms with Gasteiger partial charge in [0.1, 0.15) is 11.5 Å². The van der Waals surface area contributed by atoms with Crippen molar-refractivity contribution in [3.8, 4) is 11.5 Å². The van der Waals surface area contributed by atoms with E-state index >= 15 is 0 Å². The van der Waals surface area contributed by atoms with Crippen molar-refractivity contribution >= 4 is 45.9 Å². The van der Waals surface area contributed by atoms with Gasteiger partial charge in [-0.3, -0.25) is 9.69 Å². The Kier molecular flexibility index (Phi) is 8.75.